The predicted octanol–water partition coefficient (Wildman–Crippen LogP) is 5.37. The van der Waals surface area contributed by atoms with E-state index in [4.69, 9.17) is 4.52 Å². The van der Waals surface area contributed by atoms with Gasteiger partial charge in [0, 0.05) is 29.0 Å². The molecule has 2 amide bonds. The van der Waals surface area contributed by atoms with Gasteiger partial charge >= 0.3 is 0 Å². The largest absolute Gasteiger partial charge is 0.334 e. The molecule has 8 nitrogen and oxygen atoms in total. The lowest BCUT2D eigenvalue weighted by Gasteiger charge is -2.11. The Labute approximate surface area is 195 Å². The highest BCUT2D eigenvalue weighted by molar-refractivity contribution is 7.14. The number of thiazole rings is 1. The molecule has 0 saturated carbocycles. The van der Waals surface area contributed by atoms with Crippen LogP contribution in [-0.4, -0.2) is 26.9 Å². The van der Waals surface area contributed by atoms with Crippen molar-refractivity contribution >= 4 is 34.0 Å². The highest BCUT2D eigenvalue weighted by Gasteiger charge is 2.24. The van der Waals surface area contributed by atoms with E-state index in [1.54, 1.807) is 30.3 Å². The molecule has 0 fully saturated rings. The monoisotopic (exact) mass is 461 g/mol. The van der Waals surface area contributed by atoms with Crippen molar-refractivity contribution in [2.75, 3.05) is 10.6 Å². The van der Waals surface area contributed by atoms with Crippen LogP contribution in [0.15, 0.2) is 58.4 Å². The van der Waals surface area contributed by atoms with Gasteiger partial charge in [0.15, 0.2) is 11.0 Å². The molecule has 2 heterocycles. The Hall–Kier alpha value is -3.85. The topological polar surface area (TPSA) is 110 Å². The zero-order valence-corrected chi connectivity index (χ0v) is 19.5. The number of carbonyl (C=O) groups excluding carboxylic acids is 2. The van der Waals surface area contributed by atoms with Crippen LogP contribution in [0.2, 0.25) is 0 Å². The summed E-state index contributed by atoms with van der Waals surface area (Å²) in [4.78, 5) is 33.2. The molecule has 4 aromatic rings. The van der Waals surface area contributed by atoms with Crippen LogP contribution in [0.25, 0.3) is 22.7 Å². The first-order valence-electron chi connectivity index (χ1n) is 10.3. The lowest BCUT2D eigenvalue weighted by atomic mass is 9.96. The van der Waals surface area contributed by atoms with Crippen LogP contribution in [0.1, 0.15) is 43.9 Å². The minimum absolute atomic E-state index is 0.128. The average molecular weight is 462 g/mol. The lowest BCUT2D eigenvalue weighted by molar-refractivity contribution is -0.114. The van der Waals surface area contributed by atoms with E-state index in [1.165, 1.54) is 18.3 Å². The van der Waals surface area contributed by atoms with Crippen LogP contribution < -0.4 is 10.6 Å². The fourth-order valence-electron chi connectivity index (χ4n) is 3.06. The van der Waals surface area contributed by atoms with Gasteiger partial charge in [-0.1, -0.05) is 50.2 Å². The van der Waals surface area contributed by atoms with E-state index in [1.807, 2.05) is 44.4 Å². The van der Waals surface area contributed by atoms with Gasteiger partial charge in [-0.05, 0) is 24.3 Å². The normalized spacial score (nSPS) is 11.3. The van der Waals surface area contributed by atoms with Gasteiger partial charge in [0.05, 0.1) is 16.8 Å². The third-order valence-electron chi connectivity index (χ3n) is 4.72. The number of nitrogens with one attached hydrogen (secondary N) is 2. The minimum atomic E-state index is -0.317. The van der Waals surface area contributed by atoms with E-state index in [-0.39, 0.29) is 17.2 Å². The third-order valence-corrected chi connectivity index (χ3v) is 5.48. The summed E-state index contributed by atoms with van der Waals surface area (Å²) in [5.41, 5.74) is 3.02. The highest BCUT2D eigenvalue weighted by Crippen LogP contribution is 2.29. The fraction of sp³-hybridized carbons (Fsp3) is 0.208. The number of rotatable bonds is 5. The van der Waals surface area contributed by atoms with Crippen molar-refractivity contribution in [3.05, 3.63) is 65.3 Å². The van der Waals surface area contributed by atoms with Crippen molar-refractivity contribution in [3.63, 3.8) is 0 Å². The second-order valence-electron chi connectivity index (χ2n) is 8.47. The summed E-state index contributed by atoms with van der Waals surface area (Å²) in [5.74, 6) is 0.423. The number of benzene rings is 2. The van der Waals surface area contributed by atoms with Gasteiger partial charge in [-0.25, -0.2) is 4.98 Å². The third kappa shape index (κ3) is 5.15. The minimum Gasteiger partial charge on any atom is -0.334 e. The van der Waals surface area contributed by atoms with Gasteiger partial charge in [-0.15, -0.1) is 11.3 Å². The molecule has 2 N–H and O–H groups in total. The van der Waals surface area contributed by atoms with E-state index < -0.39 is 0 Å². The summed E-state index contributed by atoms with van der Waals surface area (Å²) in [6.07, 6.45) is 0. The molecule has 168 valence electrons. The molecule has 2 aromatic heterocycles. The van der Waals surface area contributed by atoms with E-state index in [9.17, 15) is 9.59 Å². The first kappa shape index (κ1) is 22.3. The van der Waals surface area contributed by atoms with Crippen molar-refractivity contribution < 1.29 is 14.1 Å². The number of aromatic nitrogens is 3. The van der Waals surface area contributed by atoms with Crippen molar-refractivity contribution in [2.45, 2.75) is 33.1 Å². The van der Waals surface area contributed by atoms with Gasteiger partial charge in [-0.3, -0.25) is 14.9 Å². The molecule has 33 heavy (non-hydrogen) atoms. The van der Waals surface area contributed by atoms with Crippen molar-refractivity contribution in [1.82, 2.24) is 15.1 Å². The standard InChI is InChI=1S/C24H23N5O3S/c1-14(30)25-16-11-9-15(10-12-16)19-13-33-23(26-19)27-20(31)17-7-5-6-8-18(17)21-28-22(29-32-21)24(2,3)4/h5-13H,1-4H3,(H,25,30)(H,26,27,31). The van der Waals surface area contributed by atoms with Crippen LogP contribution in [0.4, 0.5) is 10.8 Å². The average Bonchev–Trinajstić information content (AvgIpc) is 3.44. The second-order valence-corrected chi connectivity index (χ2v) is 9.33. The lowest BCUT2D eigenvalue weighted by Crippen LogP contribution is -2.14. The van der Waals surface area contributed by atoms with Crippen LogP contribution in [0.3, 0.4) is 0 Å². The first-order valence-corrected chi connectivity index (χ1v) is 11.2. The molecule has 0 spiro atoms. The Balaban J connectivity index is 1.53. The molecule has 0 bridgehead atoms. The number of hydrogen-bond acceptors (Lipinski definition) is 7. The van der Waals surface area contributed by atoms with E-state index in [0.29, 0.717) is 33.7 Å². The number of hydrogen-bond donors (Lipinski definition) is 2. The van der Waals surface area contributed by atoms with Crippen molar-refractivity contribution in [3.8, 4) is 22.7 Å². The van der Waals surface area contributed by atoms with Gasteiger partial charge in [-0.2, -0.15) is 4.98 Å². The Morgan fingerprint density at radius 2 is 1.70 bits per heavy atom. The van der Waals surface area contributed by atoms with Crippen LogP contribution in [0.5, 0.6) is 0 Å². The Kier molecular flexibility index (Phi) is 6.06. The summed E-state index contributed by atoms with van der Waals surface area (Å²) >= 11 is 1.33. The fourth-order valence-corrected chi connectivity index (χ4v) is 3.78. The van der Waals surface area contributed by atoms with Gasteiger partial charge in [0.25, 0.3) is 11.8 Å². The molecule has 0 aliphatic heterocycles. The van der Waals surface area contributed by atoms with Crippen LogP contribution in [-0.2, 0) is 10.2 Å². The van der Waals surface area contributed by atoms with Crippen molar-refractivity contribution in [2.24, 2.45) is 0 Å². The molecule has 0 aliphatic carbocycles. The zero-order valence-electron chi connectivity index (χ0n) is 18.7. The van der Waals surface area contributed by atoms with Crippen LogP contribution >= 0.6 is 11.3 Å². The smallest absolute Gasteiger partial charge is 0.258 e. The maximum absolute atomic E-state index is 13.0. The van der Waals surface area contributed by atoms with Crippen LogP contribution in [0, 0.1) is 0 Å². The summed E-state index contributed by atoms with van der Waals surface area (Å²) in [7, 11) is 0. The van der Waals surface area contributed by atoms with E-state index in [0.717, 1.165) is 11.3 Å². The van der Waals surface area contributed by atoms with Gasteiger partial charge < -0.3 is 9.84 Å². The second kappa shape index (κ2) is 8.95. The molecule has 9 heteroatoms. The molecule has 0 atom stereocenters. The molecule has 4 rings (SSSR count). The predicted molar refractivity (Wildman–Crippen MR) is 128 cm³/mol. The molecular formula is C24H23N5O3S. The van der Waals surface area contributed by atoms with Crippen molar-refractivity contribution in [1.29, 1.82) is 0 Å². The maximum atomic E-state index is 13.0. The summed E-state index contributed by atoms with van der Waals surface area (Å²) in [6.45, 7) is 7.44. The molecule has 0 aliphatic rings. The van der Waals surface area contributed by atoms with Gasteiger partial charge in [0.1, 0.15) is 0 Å². The van der Waals surface area contributed by atoms with E-state index >= 15 is 0 Å². The Morgan fingerprint density at radius 3 is 2.36 bits per heavy atom. The number of amides is 2. The molecule has 2 aromatic carbocycles. The van der Waals surface area contributed by atoms with E-state index in [2.05, 4.69) is 25.8 Å². The SMILES string of the molecule is CC(=O)Nc1ccc(-c2csc(NC(=O)c3ccccc3-c3nc(C(C)(C)C)no3)n2)cc1. The molecule has 0 saturated heterocycles. The number of anilines is 2. The highest BCUT2D eigenvalue weighted by atomic mass is 32.1. The Morgan fingerprint density at radius 1 is 0.970 bits per heavy atom. The molecule has 0 unspecified atom stereocenters. The molecular weight excluding hydrogens is 438 g/mol. The first-order chi connectivity index (χ1) is 15.7. The maximum Gasteiger partial charge on any atom is 0.258 e. The summed E-state index contributed by atoms with van der Waals surface area (Å²) in [6, 6.07) is 14.4. The molecule has 0 radical (unpaired) electrons. The number of carbonyl (C=O) groups is 2. The Bertz CT molecular complexity index is 1300. The summed E-state index contributed by atoms with van der Waals surface area (Å²) < 4.78 is 5.43. The summed E-state index contributed by atoms with van der Waals surface area (Å²) in [5, 5.41) is 12.0. The van der Waals surface area contributed by atoms with Gasteiger partial charge in [0.2, 0.25) is 5.91 Å². The quantitative estimate of drug-likeness (QED) is 0.413. The number of nitrogens with zero attached hydrogens (tertiary/aromatic N) is 3. The zero-order chi connectivity index (χ0) is 23.6.